The topological polar surface area (TPSA) is 66.0 Å². The van der Waals surface area contributed by atoms with Gasteiger partial charge in [0, 0.05) is 32.7 Å². The molecule has 142 valence electrons. The zero-order valence-electron chi connectivity index (χ0n) is 16.0. The fourth-order valence-electron chi connectivity index (χ4n) is 2.12. The second-order valence-corrected chi connectivity index (χ2v) is 7.51. The number of halogens is 1. The van der Waals surface area contributed by atoms with E-state index < -0.39 is 5.60 Å². The number of nitrogens with one attached hydrogen (secondary N) is 2. The van der Waals surface area contributed by atoms with Gasteiger partial charge in [-0.3, -0.25) is 4.99 Å². The molecule has 0 spiro atoms. The molecular formula is C17H35IN4O2. The number of aliphatic imine (C=N–C) groups is 1. The summed E-state index contributed by atoms with van der Waals surface area (Å²) in [5, 5.41) is 6.55. The van der Waals surface area contributed by atoms with Crippen molar-refractivity contribution in [2.45, 2.75) is 65.5 Å². The molecule has 24 heavy (non-hydrogen) atoms. The van der Waals surface area contributed by atoms with Gasteiger partial charge < -0.3 is 20.3 Å². The highest BCUT2D eigenvalue weighted by Crippen LogP contribution is 2.27. The smallest absolute Gasteiger partial charge is 0.410 e. The molecule has 0 unspecified atom stereocenters. The summed E-state index contributed by atoms with van der Waals surface area (Å²) in [5.41, 5.74) is -0.452. The molecule has 0 radical (unpaired) electrons. The molecule has 1 amide bonds. The summed E-state index contributed by atoms with van der Waals surface area (Å²) in [6.07, 6.45) is 3.03. The van der Waals surface area contributed by atoms with Crippen LogP contribution in [0, 0.1) is 5.92 Å². The molecule has 7 heteroatoms. The van der Waals surface area contributed by atoms with E-state index in [4.69, 9.17) is 4.74 Å². The van der Waals surface area contributed by atoms with Gasteiger partial charge in [-0.2, -0.15) is 0 Å². The van der Waals surface area contributed by atoms with Gasteiger partial charge in [0.05, 0.1) is 0 Å². The van der Waals surface area contributed by atoms with Crippen LogP contribution in [0.15, 0.2) is 4.99 Å². The third-order valence-electron chi connectivity index (χ3n) is 3.50. The Morgan fingerprint density at radius 1 is 1.25 bits per heavy atom. The van der Waals surface area contributed by atoms with Crippen molar-refractivity contribution in [1.82, 2.24) is 15.5 Å². The highest BCUT2D eigenvalue weighted by atomic mass is 127. The quantitative estimate of drug-likeness (QED) is 0.352. The Kier molecular flexibility index (Phi) is 10.7. The van der Waals surface area contributed by atoms with Gasteiger partial charge in [0.1, 0.15) is 5.60 Å². The lowest BCUT2D eigenvalue weighted by Crippen LogP contribution is -2.45. The van der Waals surface area contributed by atoms with Crippen molar-refractivity contribution in [2.24, 2.45) is 10.9 Å². The first-order valence-electron chi connectivity index (χ1n) is 8.67. The van der Waals surface area contributed by atoms with Crippen molar-refractivity contribution in [3.05, 3.63) is 0 Å². The minimum absolute atomic E-state index is 0. The lowest BCUT2D eigenvalue weighted by molar-refractivity contribution is 0.0238. The first-order chi connectivity index (χ1) is 10.7. The molecule has 0 heterocycles. The van der Waals surface area contributed by atoms with Crippen LogP contribution in [0.4, 0.5) is 4.79 Å². The van der Waals surface area contributed by atoms with Gasteiger partial charge in [-0.25, -0.2) is 4.79 Å². The number of hydrogen-bond donors (Lipinski definition) is 2. The van der Waals surface area contributed by atoms with Crippen LogP contribution in [0.2, 0.25) is 0 Å². The van der Waals surface area contributed by atoms with E-state index in [1.807, 2.05) is 25.7 Å². The third-order valence-corrected chi connectivity index (χ3v) is 3.50. The summed E-state index contributed by atoms with van der Waals surface area (Å²) in [6, 6.07) is 0.336. The maximum Gasteiger partial charge on any atom is 0.410 e. The lowest BCUT2D eigenvalue weighted by Gasteiger charge is -2.27. The molecule has 1 saturated carbocycles. The Labute approximate surface area is 164 Å². The van der Waals surface area contributed by atoms with E-state index >= 15 is 0 Å². The molecule has 1 fully saturated rings. The van der Waals surface area contributed by atoms with E-state index in [1.165, 1.54) is 0 Å². The van der Waals surface area contributed by atoms with Crippen molar-refractivity contribution in [2.75, 3.05) is 26.7 Å². The number of ether oxygens (including phenoxy) is 1. The average Bonchev–Trinajstić information content (AvgIpc) is 3.23. The van der Waals surface area contributed by atoms with Crippen molar-refractivity contribution in [1.29, 1.82) is 0 Å². The molecule has 0 aromatic rings. The fraction of sp³-hybridized carbons (Fsp3) is 0.882. The number of hydrogen-bond acceptors (Lipinski definition) is 3. The molecule has 0 saturated heterocycles. The highest BCUT2D eigenvalue weighted by molar-refractivity contribution is 14.0. The van der Waals surface area contributed by atoms with Crippen molar-refractivity contribution in [3.63, 3.8) is 0 Å². The van der Waals surface area contributed by atoms with Crippen LogP contribution in [0.3, 0.4) is 0 Å². The van der Waals surface area contributed by atoms with Gasteiger partial charge in [-0.15, -0.1) is 24.0 Å². The number of carbonyl (C=O) groups is 1. The van der Waals surface area contributed by atoms with Gasteiger partial charge in [-0.1, -0.05) is 13.8 Å². The molecule has 1 aliphatic rings. The molecule has 1 rings (SSSR count). The van der Waals surface area contributed by atoms with Crippen LogP contribution in [-0.4, -0.2) is 55.3 Å². The van der Waals surface area contributed by atoms with E-state index in [1.54, 1.807) is 7.05 Å². The number of nitrogens with zero attached hydrogens (tertiary/aromatic N) is 2. The molecule has 0 aromatic carbocycles. The number of rotatable bonds is 7. The van der Waals surface area contributed by atoms with Gasteiger partial charge in [-0.05, 0) is 46.0 Å². The molecule has 0 aromatic heterocycles. The van der Waals surface area contributed by atoms with Crippen LogP contribution >= 0.6 is 24.0 Å². The van der Waals surface area contributed by atoms with Crippen molar-refractivity contribution < 1.29 is 9.53 Å². The largest absolute Gasteiger partial charge is 0.444 e. The van der Waals surface area contributed by atoms with E-state index in [2.05, 4.69) is 29.5 Å². The van der Waals surface area contributed by atoms with Crippen molar-refractivity contribution >= 4 is 36.0 Å². The molecular weight excluding hydrogens is 419 g/mol. The minimum Gasteiger partial charge on any atom is -0.444 e. The number of amides is 1. The second-order valence-electron chi connectivity index (χ2n) is 7.51. The number of guanidine groups is 1. The summed E-state index contributed by atoms with van der Waals surface area (Å²) in [5.74, 6) is 1.45. The first-order valence-corrected chi connectivity index (χ1v) is 8.67. The molecule has 1 aliphatic carbocycles. The monoisotopic (exact) mass is 454 g/mol. The summed E-state index contributed by atoms with van der Waals surface area (Å²) < 4.78 is 5.49. The Bertz CT molecular complexity index is 404. The van der Waals surface area contributed by atoms with Crippen LogP contribution in [0.5, 0.6) is 0 Å². The number of carbonyl (C=O) groups excluding carboxylic acids is 1. The average molecular weight is 454 g/mol. The fourth-order valence-corrected chi connectivity index (χ4v) is 2.12. The summed E-state index contributed by atoms with van der Waals surface area (Å²) in [4.78, 5) is 18.3. The summed E-state index contributed by atoms with van der Waals surface area (Å²) >= 11 is 0. The SMILES string of the molecule is CN=C(NCCC(C)C)NCCN(C(=O)OC(C)(C)C)C1CC1.I. The summed E-state index contributed by atoms with van der Waals surface area (Å²) in [7, 11) is 1.76. The summed E-state index contributed by atoms with van der Waals surface area (Å²) in [6.45, 7) is 12.3. The van der Waals surface area contributed by atoms with Gasteiger partial charge in [0.2, 0.25) is 0 Å². The van der Waals surface area contributed by atoms with E-state index in [0.717, 1.165) is 31.8 Å². The normalized spacial score (nSPS) is 14.9. The molecule has 0 bridgehead atoms. The zero-order chi connectivity index (χ0) is 17.5. The van der Waals surface area contributed by atoms with Crippen LogP contribution in [-0.2, 0) is 4.74 Å². The molecule has 0 aliphatic heterocycles. The van der Waals surface area contributed by atoms with Crippen molar-refractivity contribution in [3.8, 4) is 0 Å². The molecule has 0 atom stereocenters. The predicted molar refractivity (Wildman–Crippen MR) is 110 cm³/mol. The molecule has 2 N–H and O–H groups in total. The van der Waals surface area contributed by atoms with Crippen LogP contribution < -0.4 is 10.6 Å². The Morgan fingerprint density at radius 2 is 1.83 bits per heavy atom. The Balaban J connectivity index is 0.00000529. The van der Waals surface area contributed by atoms with E-state index in [9.17, 15) is 4.79 Å². The zero-order valence-corrected chi connectivity index (χ0v) is 18.3. The maximum absolute atomic E-state index is 12.3. The van der Waals surface area contributed by atoms with Crippen LogP contribution in [0.25, 0.3) is 0 Å². The van der Waals surface area contributed by atoms with Gasteiger partial charge in [0.25, 0.3) is 0 Å². The Morgan fingerprint density at radius 3 is 2.29 bits per heavy atom. The Hall–Kier alpha value is -0.730. The lowest BCUT2D eigenvalue weighted by atomic mass is 10.1. The van der Waals surface area contributed by atoms with Gasteiger partial charge in [0.15, 0.2) is 5.96 Å². The van der Waals surface area contributed by atoms with E-state index in [-0.39, 0.29) is 30.1 Å². The van der Waals surface area contributed by atoms with E-state index in [0.29, 0.717) is 25.0 Å². The van der Waals surface area contributed by atoms with Gasteiger partial charge >= 0.3 is 6.09 Å². The minimum atomic E-state index is -0.452. The standard InChI is InChI=1S/C17H34N4O2.HI/c1-13(2)9-10-19-15(18-6)20-11-12-21(14-7-8-14)16(22)23-17(3,4)5;/h13-14H,7-12H2,1-6H3,(H2,18,19,20);1H. The van der Waals surface area contributed by atoms with Crippen LogP contribution in [0.1, 0.15) is 53.9 Å². The highest BCUT2D eigenvalue weighted by Gasteiger charge is 2.34. The third kappa shape index (κ3) is 10.2. The second kappa shape index (κ2) is 11.0. The first kappa shape index (κ1) is 23.3. The maximum atomic E-state index is 12.3. The predicted octanol–water partition coefficient (Wildman–Crippen LogP) is 3.22. The molecule has 6 nitrogen and oxygen atoms in total.